The van der Waals surface area contributed by atoms with Gasteiger partial charge in [0, 0.05) is 23.5 Å². The highest BCUT2D eigenvalue weighted by atomic mass is 35.5. The van der Waals surface area contributed by atoms with Crippen molar-refractivity contribution >= 4 is 52.6 Å². The molecule has 9 heteroatoms. The first-order valence-corrected chi connectivity index (χ1v) is 12.9. The van der Waals surface area contributed by atoms with E-state index in [1.807, 2.05) is 50.2 Å². The number of thiazole rings is 1. The summed E-state index contributed by atoms with van der Waals surface area (Å²) >= 11 is 15.6. The molecule has 0 unspecified atom stereocenters. The molecular formula is C25H25Cl2N3O2S2. The smallest absolute Gasteiger partial charge is 0.212 e. The molecule has 0 amide bonds. The second-order valence-electron chi connectivity index (χ2n) is 7.62. The molecule has 0 fully saturated rings. The van der Waals surface area contributed by atoms with E-state index in [0.717, 1.165) is 51.2 Å². The maximum Gasteiger partial charge on any atom is 0.212 e. The Bertz CT molecular complexity index is 1320. The Balaban J connectivity index is 0.00000158. The second kappa shape index (κ2) is 11.5. The zero-order chi connectivity index (χ0) is 25.0. The Morgan fingerprint density at radius 3 is 2.41 bits per heavy atom. The number of aldehydes is 1. The van der Waals surface area contributed by atoms with Crippen LogP contribution in [0.5, 0.6) is 0 Å². The summed E-state index contributed by atoms with van der Waals surface area (Å²) in [6.45, 7) is 8.22. The standard InChI is InChI=1S/C24H21Cl2N3OS2.CH4O/c1-13(2)31-23-22(16-9-10-18(25)19(26)11-16)27-24(32-23)29-20(12-30)21(15(4)28-29)17-8-6-5-7-14(17)3;1-2/h5-13H,1-4H3;2H,1H3. The van der Waals surface area contributed by atoms with Crippen LogP contribution in [0.4, 0.5) is 0 Å². The molecule has 0 atom stereocenters. The molecule has 0 spiro atoms. The lowest BCUT2D eigenvalue weighted by atomic mass is 9.99. The molecule has 0 aliphatic heterocycles. The molecule has 34 heavy (non-hydrogen) atoms. The number of carbonyl (C=O) groups is 1. The normalized spacial score (nSPS) is 10.9. The minimum Gasteiger partial charge on any atom is -0.400 e. The monoisotopic (exact) mass is 533 g/mol. The first-order valence-electron chi connectivity index (χ1n) is 10.5. The highest BCUT2D eigenvalue weighted by Gasteiger charge is 2.23. The van der Waals surface area contributed by atoms with Gasteiger partial charge in [-0.05, 0) is 37.1 Å². The van der Waals surface area contributed by atoms with Crippen LogP contribution in [0.3, 0.4) is 0 Å². The summed E-state index contributed by atoms with van der Waals surface area (Å²) in [6.07, 6.45) is 0.858. The molecule has 0 saturated carbocycles. The molecule has 0 bridgehead atoms. The number of aromatic nitrogens is 3. The van der Waals surface area contributed by atoms with E-state index in [1.165, 1.54) is 11.3 Å². The number of aryl methyl sites for hydroxylation is 2. The minimum absolute atomic E-state index is 0.359. The summed E-state index contributed by atoms with van der Waals surface area (Å²) in [5, 5.41) is 13.7. The van der Waals surface area contributed by atoms with E-state index >= 15 is 0 Å². The fourth-order valence-corrected chi connectivity index (χ4v) is 6.28. The fourth-order valence-electron chi connectivity index (χ4n) is 3.49. The molecule has 4 aromatic rings. The highest BCUT2D eigenvalue weighted by molar-refractivity contribution is 8.01. The van der Waals surface area contributed by atoms with Gasteiger partial charge in [-0.15, -0.1) is 11.8 Å². The Morgan fingerprint density at radius 2 is 1.79 bits per heavy atom. The molecular weight excluding hydrogens is 509 g/mol. The summed E-state index contributed by atoms with van der Waals surface area (Å²) in [5.74, 6) is 0. The molecule has 0 aliphatic carbocycles. The number of benzene rings is 2. The zero-order valence-electron chi connectivity index (χ0n) is 19.5. The average Bonchev–Trinajstić information content (AvgIpc) is 3.37. The molecule has 2 aromatic carbocycles. The van der Waals surface area contributed by atoms with Crippen LogP contribution in [0, 0.1) is 13.8 Å². The third kappa shape index (κ3) is 5.39. The fraction of sp³-hybridized carbons (Fsp3) is 0.240. The molecule has 1 N–H and O–H groups in total. The second-order valence-corrected chi connectivity index (χ2v) is 11.3. The van der Waals surface area contributed by atoms with Crippen molar-refractivity contribution < 1.29 is 9.90 Å². The number of halogens is 2. The molecule has 2 heterocycles. The van der Waals surface area contributed by atoms with Crippen molar-refractivity contribution in [3.05, 3.63) is 69.5 Å². The van der Waals surface area contributed by atoms with Crippen LogP contribution in [-0.2, 0) is 0 Å². The van der Waals surface area contributed by atoms with E-state index in [-0.39, 0.29) is 0 Å². The number of hydrogen-bond donors (Lipinski definition) is 1. The molecule has 2 aromatic heterocycles. The Hall–Kier alpha value is -2.16. The van der Waals surface area contributed by atoms with Crippen LogP contribution >= 0.6 is 46.3 Å². The van der Waals surface area contributed by atoms with Crippen LogP contribution < -0.4 is 0 Å². The van der Waals surface area contributed by atoms with Gasteiger partial charge in [-0.1, -0.05) is 78.7 Å². The van der Waals surface area contributed by atoms with Crippen molar-refractivity contribution in [1.29, 1.82) is 0 Å². The van der Waals surface area contributed by atoms with Gasteiger partial charge in [0.2, 0.25) is 5.13 Å². The topological polar surface area (TPSA) is 68.0 Å². The van der Waals surface area contributed by atoms with Gasteiger partial charge in [0.1, 0.15) is 5.69 Å². The lowest BCUT2D eigenvalue weighted by Crippen LogP contribution is -2.01. The number of aliphatic hydroxyl groups is 1. The third-order valence-corrected chi connectivity index (χ3v) is 7.91. The molecule has 0 saturated heterocycles. The summed E-state index contributed by atoms with van der Waals surface area (Å²) < 4.78 is 2.69. The first kappa shape index (κ1) is 26.4. The number of nitrogens with zero attached hydrogens (tertiary/aromatic N) is 3. The van der Waals surface area contributed by atoms with Gasteiger partial charge in [0.25, 0.3) is 0 Å². The van der Waals surface area contributed by atoms with Gasteiger partial charge >= 0.3 is 0 Å². The minimum atomic E-state index is 0.359. The van der Waals surface area contributed by atoms with E-state index in [1.54, 1.807) is 22.5 Å². The van der Waals surface area contributed by atoms with Crippen molar-refractivity contribution in [3.63, 3.8) is 0 Å². The SMILES string of the molecule is CO.Cc1ccccc1-c1c(C)nn(-c2nc(-c3ccc(Cl)c(Cl)c3)c(SC(C)C)s2)c1C=O. The van der Waals surface area contributed by atoms with Gasteiger partial charge in [0.15, 0.2) is 6.29 Å². The quantitative estimate of drug-likeness (QED) is 0.205. The molecule has 0 radical (unpaired) electrons. The van der Waals surface area contributed by atoms with Crippen molar-refractivity contribution in [1.82, 2.24) is 14.8 Å². The lowest BCUT2D eigenvalue weighted by molar-refractivity contribution is 0.111. The van der Waals surface area contributed by atoms with Gasteiger partial charge < -0.3 is 5.11 Å². The summed E-state index contributed by atoms with van der Waals surface area (Å²) in [5.41, 5.74) is 5.88. The van der Waals surface area contributed by atoms with Crippen molar-refractivity contribution in [2.24, 2.45) is 0 Å². The predicted molar refractivity (Wildman–Crippen MR) is 144 cm³/mol. The van der Waals surface area contributed by atoms with E-state index in [4.69, 9.17) is 38.4 Å². The first-order chi connectivity index (χ1) is 16.3. The third-order valence-electron chi connectivity index (χ3n) is 4.92. The Kier molecular flexibility index (Phi) is 8.95. The molecule has 5 nitrogen and oxygen atoms in total. The van der Waals surface area contributed by atoms with Gasteiger partial charge in [0.05, 0.1) is 25.6 Å². The Morgan fingerprint density at radius 1 is 1.09 bits per heavy atom. The molecule has 0 aliphatic rings. The van der Waals surface area contributed by atoms with E-state index < -0.39 is 0 Å². The highest BCUT2D eigenvalue weighted by Crippen LogP contribution is 2.42. The largest absolute Gasteiger partial charge is 0.400 e. The van der Waals surface area contributed by atoms with E-state index in [2.05, 4.69) is 13.8 Å². The molecule has 4 rings (SSSR count). The molecule has 178 valence electrons. The number of carbonyl (C=O) groups excluding carboxylic acids is 1. The van der Waals surface area contributed by atoms with Crippen LogP contribution in [0.15, 0.2) is 46.7 Å². The van der Waals surface area contributed by atoms with Crippen LogP contribution in [0.1, 0.15) is 35.6 Å². The van der Waals surface area contributed by atoms with Crippen molar-refractivity contribution in [2.45, 2.75) is 37.2 Å². The number of thioether (sulfide) groups is 1. The number of hydrogen-bond acceptors (Lipinski definition) is 6. The van der Waals surface area contributed by atoms with Crippen molar-refractivity contribution in [2.75, 3.05) is 7.11 Å². The Labute approximate surface area is 217 Å². The lowest BCUT2D eigenvalue weighted by Gasteiger charge is -2.05. The van der Waals surface area contributed by atoms with Crippen LogP contribution in [0.2, 0.25) is 10.0 Å². The van der Waals surface area contributed by atoms with E-state index in [9.17, 15) is 4.79 Å². The van der Waals surface area contributed by atoms with E-state index in [0.29, 0.717) is 26.1 Å². The maximum atomic E-state index is 12.2. The number of rotatable bonds is 6. The zero-order valence-corrected chi connectivity index (χ0v) is 22.6. The van der Waals surface area contributed by atoms with Gasteiger partial charge in [-0.25, -0.2) is 9.67 Å². The maximum absolute atomic E-state index is 12.2. The van der Waals surface area contributed by atoms with Crippen LogP contribution in [0.25, 0.3) is 27.5 Å². The predicted octanol–water partition coefficient (Wildman–Crippen LogP) is 7.51. The van der Waals surface area contributed by atoms with Gasteiger partial charge in [-0.2, -0.15) is 5.10 Å². The average molecular weight is 535 g/mol. The van der Waals surface area contributed by atoms with Crippen LogP contribution in [-0.4, -0.2) is 38.5 Å². The summed E-state index contributed by atoms with van der Waals surface area (Å²) in [7, 11) is 1.00. The van der Waals surface area contributed by atoms with Crippen molar-refractivity contribution in [3.8, 4) is 27.5 Å². The number of aliphatic hydroxyl groups excluding tert-OH is 1. The summed E-state index contributed by atoms with van der Waals surface area (Å²) in [4.78, 5) is 17.1. The summed E-state index contributed by atoms with van der Waals surface area (Å²) in [6, 6.07) is 13.5. The van der Waals surface area contributed by atoms with Gasteiger partial charge in [-0.3, -0.25) is 4.79 Å².